The van der Waals surface area contributed by atoms with E-state index in [1.54, 1.807) is 0 Å². The van der Waals surface area contributed by atoms with Crippen molar-refractivity contribution in [1.29, 1.82) is 0 Å². The van der Waals surface area contributed by atoms with E-state index in [2.05, 4.69) is 9.71 Å². The van der Waals surface area contributed by atoms with E-state index in [1.165, 1.54) is 18.3 Å². The molecule has 0 atom stereocenters. The summed E-state index contributed by atoms with van der Waals surface area (Å²) in [5.74, 6) is 0. The summed E-state index contributed by atoms with van der Waals surface area (Å²) in [6.45, 7) is 0.267. The van der Waals surface area contributed by atoms with E-state index in [9.17, 15) is 8.42 Å². The van der Waals surface area contributed by atoms with Crippen molar-refractivity contribution in [2.24, 2.45) is 5.41 Å². The Morgan fingerprint density at radius 2 is 2.18 bits per heavy atom. The average molecular weight is 277 g/mol. The number of nitrogens with one attached hydrogen (secondary N) is 1. The van der Waals surface area contributed by atoms with Gasteiger partial charge in [0.1, 0.15) is 10.0 Å². The van der Waals surface area contributed by atoms with Gasteiger partial charge in [0.2, 0.25) is 10.0 Å². The molecule has 1 aromatic heterocycles. The first-order valence-corrected chi connectivity index (χ1v) is 7.06. The highest BCUT2D eigenvalue weighted by atomic mass is 35.5. The first-order chi connectivity index (χ1) is 7.97. The molecule has 94 valence electrons. The third-order valence-electron chi connectivity index (χ3n) is 2.94. The van der Waals surface area contributed by atoms with Crippen LogP contribution in [0.5, 0.6) is 0 Å². The van der Waals surface area contributed by atoms with E-state index in [1.807, 2.05) is 0 Å². The molecule has 5 nitrogen and oxygen atoms in total. The Labute approximate surface area is 105 Å². The van der Waals surface area contributed by atoms with E-state index in [4.69, 9.17) is 16.7 Å². The molecular formula is C10H13ClN2O3S. The number of nitrogens with zero attached hydrogens (tertiary/aromatic N) is 1. The number of sulfonamides is 1. The van der Waals surface area contributed by atoms with Crippen LogP contribution >= 0.6 is 11.6 Å². The Balaban J connectivity index is 2.06. The maximum atomic E-state index is 11.9. The molecule has 1 fully saturated rings. The molecule has 0 amide bonds. The Kier molecular flexibility index (Phi) is 3.40. The molecule has 17 heavy (non-hydrogen) atoms. The molecule has 2 N–H and O–H groups in total. The molecule has 2 rings (SSSR count). The van der Waals surface area contributed by atoms with Gasteiger partial charge in [-0.25, -0.2) is 18.1 Å². The third-order valence-corrected chi connectivity index (χ3v) is 4.55. The summed E-state index contributed by atoms with van der Waals surface area (Å²) >= 11 is 5.58. The van der Waals surface area contributed by atoms with Gasteiger partial charge in [0, 0.05) is 24.8 Å². The highest BCUT2D eigenvalue weighted by molar-refractivity contribution is 7.89. The first-order valence-electron chi connectivity index (χ1n) is 5.20. The molecule has 1 heterocycles. The van der Waals surface area contributed by atoms with E-state index in [0.717, 1.165) is 12.8 Å². The van der Waals surface area contributed by atoms with Crippen molar-refractivity contribution in [1.82, 2.24) is 9.71 Å². The van der Waals surface area contributed by atoms with Gasteiger partial charge in [-0.1, -0.05) is 11.6 Å². The van der Waals surface area contributed by atoms with Gasteiger partial charge < -0.3 is 5.11 Å². The summed E-state index contributed by atoms with van der Waals surface area (Å²) in [5, 5.41) is 9.34. The van der Waals surface area contributed by atoms with Crippen molar-refractivity contribution in [3.8, 4) is 0 Å². The van der Waals surface area contributed by atoms with Gasteiger partial charge in [-0.15, -0.1) is 0 Å². The normalized spacial score (nSPS) is 18.0. The quantitative estimate of drug-likeness (QED) is 0.779. The zero-order chi connectivity index (χ0) is 12.5. The minimum absolute atomic E-state index is 0.00832. The molecule has 7 heteroatoms. The second-order valence-electron chi connectivity index (χ2n) is 4.30. The lowest BCUT2D eigenvalue weighted by atomic mass is 10.1. The van der Waals surface area contributed by atoms with E-state index >= 15 is 0 Å². The Morgan fingerprint density at radius 3 is 2.65 bits per heavy atom. The molecule has 1 saturated carbocycles. The standard InChI is InChI=1S/C10H13ClN2O3S/c11-9-2-1-8(5-12-9)17(15,16)13-6-10(7-14)3-4-10/h1-2,5,13-14H,3-4,6-7H2. The minimum atomic E-state index is -3.56. The molecule has 0 spiro atoms. The topological polar surface area (TPSA) is 79.3 Å². The van der Waals surface area contributed by atoms with Crippen LogP contribution in [0.25, 0.3) is 0 Å². The van der Waals surface area contributed by atoms with Crippen molar-refractivity contribution in [2.45, 2.75) is 17.7 Å². The number of aliphatic hydroxyl groups is 1. The average Bonchev–Trinajstić information content (AvgIpc) is 3.08. The number of halogens is 1. The van der Waals surface area contributed by atoms with Gasteiger partial charge in [0.15, 0.2) is 0 Å². The lowest BCUT2D eigenvalue weighted by Gasteiger charge is -2.12. The molecule has 0 saturated heterocycles. The summed E-state index contributed by atoms with van der Waals surface area (Å²) in [4.78, 5) is 3.80. The first kappa shape index (κ1) is 12.8. The Bertz CT molecular complexity index is 497. The second-order valence-corrected chi connectivity index (χ2v) is 6.45. The van der Waals surface area contributed by atoms with E-state index < -0.39 is 10.0 Å². The van der Waals surface area contributed by atoms with Gasteiger partial charge in [-0.05, 0) is 25.0 Å². The van der Waals surface area contributed by atoms with Crippen LogP contribution in [-0.2, 0) is 10.0 Å². The molecular weight excluding hydrogens is 264 g/mol. The van der Waals surface area contributed by atoms with Crippen LogP contribution in [-0.4, -0.2) is 31.7 Å². The zero-order valence-electron chi connectivity index (χ0n) is 9.06. The van der Waals surface area contributed by atoms with Crippen LogP contribution < -0.4 is 4.72 Å². The second kappa shape index (κ2) is 4.53. The van der Waals surface area contributed by atoms with E-state index in [-0.39, 0.29) is 28.6 Å². The molecule has 0 aromatic carbocycles. The summed E-state index contributed by atoms with van der Waals surface area (Å²) in [6.07, 6.45) is 2.92. The van der Waals surface area contributed by atoms with Crippen molar-refractivity contribution < 1.29 is 13.5 Å². The van der Waals surface area contributed by atoms with Crippen LogP contribution in [0.4, 0.5) is 0 Å². The SMILES string of the molecule is O=S(=O)(NCC1(CO)CC1)c1ccc(Cl)nc1. The summed E-state index contributed by atoms with van der Waals surface area (Å²) < 4.78 is 26.2. The van der Waals surface area contributed by atoms with Crippen LogP contribution in [0.15, 0.2) is 23.2 Å². The van der Waals surface area contributed by atoms with Crippen LogP contribution in [0, 0.1) is 5.41 Å². The predicted octanol–water partition coefficient (Wildman–Crippen LogP) is 0.786. The zero-order valence-corrected chi connectivity index (χ0v) is 10.6. The molecule has 1 aliphatic carbocycles. The van der Waals surface area contributed by atoms with Gasteiger partial charge >= 0.3 is 0 Å². The maximum Gasteiger partial charge on any atom is 0.242 e. The summed E-state index contributed by atoms with van der Waals surface area (Å²) in [5.41, 5.74) is -0.257. The number of aromatic nitrogens is 1. The smallest absolute Gasteiger partial charge is 0.242 e. The molecule has 0 unspecified atom stereocenters. The van der Waals surface area contributed by atoms with Gasteiger partial charge in [-0.2, -0.15) is 0 Å². The number of hydrogen-bond acceptors (Lipinski definition) is 4. The fourth-order valence-corrected chi connectivity index (χ4v) is 2.63. The molecule has 1 aliphatic rings. The van der Waals surface area contributed by atoms with Gasteiger partial charge in [0.25, 0.3) is 0 Å². The number of aliphatic hydroxyl groups excluding tert-OH is 1. The van der Waals surface area contributed by atoms with Crippen molar-refractivity contribution in [3.05, 3.63) is 23.5 Å². The Morgan fingerprint density at radius 1 is 1.47 bits per heavy atom. The molecule has 0 aliphatic heterocycles. The largest absolute Gasteiger partial charge is 0.396 e. The molecule has 1 aromatic rings. The third kappa shape index (κ3) is 2.95. The van der Waals surface area contributed by atoms with Crippen molar-refractivity contribution in [2.75, 3.05) is 13.2 Å². The fourth-order valence-electron chi connectivity index (χ4n) is 1.42. The minimum Gasteiger partial charge on any atom is -0.396 e. The molecule has 0 bridgehead atoms. The van der Waals surface area contributed by atoms with Crippen LogP contribution in [0.3, 0.4) is 0 Å². The number of hydrogen-bond donors (Lipinski definition) is 2. The van der Waals surface area contributed by atoms with Crippen LogP contribution in [0.1, 0.15) is 12.8 Å². The van der Waals surface area contributed by atoms with Crippen LogP contribution in [0.2, 0.25) is 5.15 Å². The lowest BCUT2D eigenvalue weighted by molar-refractivity contribution is 0.213. The maximum absolute atomic E-state index is 11.9. The van der Waals surface area contributed by atoms with Gasteiger partial charge in [0.05, 0.1) is 0 Å². The number of rotatable bonds is 5. The fraction of sp³-hybridized carbons (Fsp3) is 0.500. The highest BCUT2D eigenvalue weighted by Crippen LogP contribution is 2.44. The van der Waals surface area contributed by atoms with Gasteiger partial charge in [-0.3, -0.25) is 0 Å². The molecule has 0 radical (unpaired) electrons. The summed E-state index contributed by atoms with van der Waals surface area (Å²) in [7, 11) is -3.56. The number of pyridine rings is 1. The van der Waals surface area contributed by atoms with Crippen molar-refractivity contribution >= 4 is 21.6 Å². The monoisotopic (exact) mass is 276 g/mol. The Hall–Kier alpha value is -0.690. The van der Waals surface area contributed by atoms with Crippen molar-refractivity contribution in [3.63, 3.8) is 0 Å². The van der Waals surface area contributed by atoms with E-state index in [0.29, 0.717) is 0 Å². The summed E-state index contributed by atoms with van der Waals surface area (Å²) in [6, 6.07) is 2.82. The highest BCUT2D eigenvalue weighted by Gasteiger charge is 2.42. The lowest BCUT2D eigenvalue weighted by Crippen LogP contribution is -2.31. The predicted molar refractivity (Wildman–Crippen MR) is 63.2 cm³/mol.